The number of hydrogen-bond acceptors (Lipinski definition) is 5. The van der Waals surface area contributed by atoms with Crippen LogP contribution in [0.15, 0.2) is 4.42 Å². The highest BCUT2D eigenvalue weighted by Crippen LogP contribution is 2.07. The summed E-state index contributed by atoms with van der Waals surface area (Å²) in [7, 11) is 11.3. The standard InChI is InChI=1S/C9H18N5O/c1-12(2)7-10-8(13(3)4)15-9(11-7)14(5)6/h1-6H3/q+1. The molecule has 0 bridgehead atoms. The molecule has 1 rings (SSSR count). The van der Waals surface area contributed by atoms with Gasteiger partial charge in [-0.2, -0.15) is 0 Å². The van der Waals surface area contributed by atoms with Crippen LogP contribution in [0.5, 0.6) is 0 Å². The highest BCUT2D eigenvalue weighted by Gasteiger charge is 2.14. The molecule has 6 nitrogen and oxygen atoms in total. The Hall–Kier alpha value is -1.59. The van der Waals surface area contributed by atoms with E-state index in [-0.39, 0.29) is 0 Å². The first kappa shape index (κ1) is 11.5. The van der Waals surface area contributed by atoms with Crippen LogP contribution in [0.3, 0.4) is 0 Å². The summed E-state index contributed by atoms with van der Waals surface area (Å²) >= 11 is 0. The molecular weight excluding hydrogens is 194 g/mol. The second-order valence-electron chi connectivity index (χ2n) is 3.87. The molecule has 1 heterocycles. The fourth-order valence-electron chi connectivity index (χ4n) is 0.906. The molecule has 0 fully saturated rings. The smallest absolute Gasteiger partial charge is 0.354 e. The van der Waals surface area contributed by atoms with Gasteiger partial charge in [0.2, 0.25) is 0 Å². The summed E-state index contributed by atoms with van der Waals surface area (Å²) in [4.78, 5) is 12.2. The second kappa shape index (κ2) is 4.29. The third-order valence-electron chi connectivity index (χ3n) is 1.74. The Labute approximate surface area is 89.5 Å². The Bertz CT molecular complexity index is 374. The Morgan fingerprint density at radius 1 is 1.00 bits per heavy atom. The molecule has 0 aromatic carbocycles. The lowest BCUT2D eigenvalue weighted by atomic mass is 10.7. The quantitative estimate of drug-likeness (QED) is 0.603. The minimum atomic E-state index is 0.539. The van der Waals surface area contributed by atoms with Crippen molar-refractivity contribution < 1.29 is 4.42 Å². The van der Waals surface area contributed by atoms with Crippen LogP contribution in [0.4, 0.5) is 12.0 Å². The van der Waals surface area contributed by atoms with Crippen molar-refractivity contribution >= 4 is 12.0 Å². The number of anilines is 2. The number of aromatic nitrogens is 2. The Kier molecular flexibility index (Phi) is 3.28. The number of hydrogen-bond donors (Lipinski definition) is 0. The number of nitrogens with zero attached hydrogens (tertiary/aromatic N) is 5. The largest absolute Gasteiger partial charge is 0.504 e. The van der Waals surface area contributed by atoms with Crippen LogP contribution in [-0.2, 0) is 0 Å². The topological polar surface area (TPSA) is 48.4 Å². The number of rotatable bonds is 2. The van der Waals surface area contributed by atoms with E-state index < -0.39 is 0 Å². The van der Waals surface area contributed by atoms with Crippen molar-refractivity contribution in [3.63, 3.8) is 0 Å². The Balaban J connectivity index is 3.41. The highest BCUT2D eigenvalue weighted by atomic mass is 16.4. The van der Waals surface area contributed by atoms with Crippen LogP contribution >= 0.6 is 0 Å². The summed E-state index contributed by atoms with van der Waals surface area (Å²) in [6.07, 6.45) is 0. The van der Waals surface area contributed by atoms with Crippen LogP contribution < -0.4 is 20.1 Å². The van der Waals surface area contributed by atoms with E-state index in [1.54, 1.807) is 0 Å². The Morgan fingerprint density at radius 2 is 1.60 bits per heavy atom. The van der Waals surface area contributed by atoms with E-state index in [2.05, 4.69) is 9.97 Å². The minimum absolute atomic E-state index is 0.539. The molecule has 15 heavy (non-hydrogen) atoms. The highest BCUT2D eigenvalue weighted by molar-refractivity contribution is 5.32. The molecule has 0 aliphatic rings. The monoisotopic (exact) mass is 212 g/mol. The summed E-state index contributed by atoms with van der Waals surface area (Å²) in [5, 5.41) is 0. The third kappa shape index (κ3) is 2.68. The molecular formula is C9H18N5O+. The van der Waals surface area contributed by atoms with E-state index in [1.807, 2.05) is 56.7 Å². The van der Waals surface area contributed by atoms with Gasteiger partial charge in [0.15, 0.2) is 0 Å². The molecule has 0 aliphatic heterocycles. The van der Waals surface area contributed by atoms with Gasteiger partial charge in [0.05, 0.1) is 14.1 Å². The van der Waals surface area contributed by atoms with Crippen LogP contribution in [0.25, 0.3) is 0 Å². The lowest BCUT2D eigenvalue weighted by Crippen LogP contribution is -2.29. The van der Waals surface area contributed by atoms with E-state index in [0.717, 1.165) is 0 Å². The van der Waals surface area contributed by atoms with Gasteiger partial charge in [-0.15, -0.1) is 4.98 Å². The van der Waals surface area contributed by atoms with Crippen LogP contribution in [0.2, 0.25) is 0 Å². The molecule has 0 unspecified atom stereocenters. The van der Waals surface area contributed by atoms with Crippen molar-refractivity contribution in [2.45, 2.75) is 0 Å². The fourth-order valence-corrected chi connectivity index (χ4v) is 0.906. The van der Waals surface area contributed by atoms with Gasteiger partial charge in [-0.05, 0) is 0 Å². The normalized spacial score (nSPS) is 10.0. The summed E-state index contributed by atoms with van der Waals surface area (Å²) < 4.78 is 7.30. The van der Waals surface area contributed by atoms with E-state index >= 15 is 0 Å². The second-order valence-corrected chi connectivity index (χ2v) is 3.87. The first-order chi connectivity index (χ1) is 6.91. The van der Waals surface area contributed by atoms with Gasteiger partial charge in [0.25, 0.3) is 0 Å². The SMILES string of the molecule is CN(C)c1nc(N(C)C)oc(=[N+](C)C)n1. The average molecular weight is 212 g/mol. The predicted molar refractivity (Wildman–Crippen MR) is 60.1 cm³/mol. The summed E-state index contributed by atoms with van der Waals surface area (Å²) in [6, 6.07) is 0.539. The predicted octanol–water partition coefficient (Wildman–Crippen LogP) is -0.767. The van der Waals surface area contributed by atoms with Gasteiger partial charge in [0, 0.05) is 33.2 Å². The van der Waals surface area contributed by atoms with Crippen molar-refractivity contribution in [1.82, 2.24) is 14.5 Å². The summed E-state index contributed by atoms with van der Waals surface area (Å²) in [5.41, 5.74) is 0.539. The summed E-state index contributed by atoms with van der Waals surface area (Å²) in [6.45, 7) is 0. The van der Waals surface area contributed by atoms with Gasteiger partial charge in [0.1, 0.15) is 0 Å². The molecule has 6 heteroatoms. The maximum atomic E-state index is 5.49. The maximum absolute atomic E-state index is 5.49. The van der Waals surface area contributed by atoms with Gasteiger partial charge in [-0.3, -0.25) is 0 Å². The maximum Gasteiger partial charge on any atom is 0.504 e. The third-order valence-corrected chi connectivity index (χ3v) is 1.74. The van der Waals surface area contributed by atoms with Gasteiger partial charge in [-0.1, -0.05) is 0 Å². The van der Waals surface area contributed by atoms with Crippen LogP contribution in [0.1, 0.15) is 0 Å². The van der Waals surface area contributed by atoms with Gasteiger partial charge < -0.3 is 14.2 Å². The molecule has 0 N–H and O–H groups in total. The zero-order valence-electron chi connectivity index (χ0n) is 10.1. The molecule has 0 atom stereocenters. The first-order valence-electron chi connectivity index (χ1n) is 4.66. The average Bonchev–Trinajstić information content (AvgIpc) is 2.16. The first-order valence-corrected chi connectivity index (χ1v) is 4.66. The molecule has 84 valence electrons. The molecule has 0 saturated carbocycles. The van der Waals surface area contributed by atoms with Crippen LogP contribution in [-0.4, -0.2) is 52.3 Å². The van der Waals surface area contributed by atoms with Crippen LogP contribution in [0, 0.1) is 0 Å². The van der Waals surface area contributed by atoms with E-state index in [4.69, 9.17) is 4.42 Å². The molecule has 0 saturated heterocycles. The molecule has 1 aromatic rings. The molecule has 0 radical (unpaired) electrons. The zero-order valence-corrected chi connectivity index (χ0v) is 10.1. The van der Waals surface area contributed by atoms with E-state index in [1.165, 1.54) is 0 Å². The minimum Gasteiger partial charge on any atom is -0.354 e. The zero-order chi connectivity index (χ0) is 11.6. The van der Waals surface area contributed by atoms with E-state index in [0.29, 0.717) is 17.6 Å². The van der Waals surface area contributed by atoms with Crippen molar-refractivity contribution in [3.8, 4) is 0 Å². The van der Waals surface area contributed by atoms with Gasteiger partial charge >= 0.3 is 17.6 Å². The van der Waals surface area contributed by atoms with Crippen molar-refractivity contribution in [2.75, 3.05) is 52.1 Å². The van der Waals surface area contributed by atoms with Gasteiger partial charge in [-0.25, -0.2) is 4.58 Å². The summed E-state index contributed by atoms with van der Waals surface area (Å²) in [5.74, 6) is 0.633. The van der Waals surface area contributed by atoms with Crippen molar-refractivity contribution in [1.29, 1.82) is 0 Å². The van der Waals surface area contributed by atoms with E-state index in [9.17, 15) is 0 Å². The molecule has 1 aromatic heterocycles. The lowest BCUT2D eigenvalue weighted by Gasteiger charge is -2.10. The fraction of sp³-hybridized carbons (Fsp3) is 0.667. The Morgan fingerprint density at radius 3 is 2.00 bits per heavy atom. The van der Waals surface area contributed by atoms with Crippen molar-refractivity contribution in [3.05, 3.63) is 5.68 Å². The lowest BCUT2D eigenvalue weighted by molar-refractivity contribution is 0.414. The molecule has 0 amide bonds. The molecule has 0 spiro atoms. The molecule has 0 aliphatic carbocycles. The van der Waals surface area contributed by atoms with Crippen molar-refractivity contribution in [2.24, 2.45) is 0 Å².